The van der Waals surface area contributed by atoms with Gasteiger partial charge < -0.3 is 9.80 Å². The molecule has 0 aliphatic heterocycles. The van der Waals surface area contributed by atoms with Crippen molar-refractivity contribution in [1.29, 1.82) is 0 Å². The third-order valence-electron chi connectivity index (χ3n) is 5.30. The zero-order chi connectivity index (χ0) is 18.7. The molecule has 1 aliphatic rings. The number of benzene rings is 2. The SMILES string of the molecule is C[N+](C)(Cc1ccc(NC(=O)c2ccc(Cl)c(Cl)c2)cc1)C1CCCC1. The standard InChI is InChI=1S/C21H24Cl2N2O/c1-25(2,18-5-3-4-6-18)14-15-7-10-17(11-8-15)24-21(26)16-9-12-19(22)20(23)13-16/h7-13,18H,3-6,14H2,1-2H3/p+1. The number of quaternary nitrogens is 1. The fourth-order valence-corrected chi connectivity index (χ4v) is 4.04. The lowest BCUT2D eigenvalue weighted by Gasteiger charge is -2.36. The van der Waals surface area contributed by atoms with Gasteiger partial charge in [0.05, 0.1) is 30.2 Å². The minimum Gasteiger partial charge on any atom is -0.322 e. The summed E-state index contributed by atoms with van der Waals surface area (Å²) in [5, 5.41) is 3.72. The van der Waals surface area contributed by atoms with E-state index in [1.54, 1.807) is 18.2 Å². The van der Waals surface area contributed by atoms with Crippen LogP contribution in [0.3, 0.4) is 0 Å². The summed E-state index contributed by atoms with van der Waals surface area (Å²) in [5.41, 5.74) is 2.55. The van der Waals surface area contributed by atoms with E-state index in [1.807, 2.05) is 12.1 Å². The molecule has 0 spiro atoms. The number of anilines is 1. The van der Waals surface area contributed by atoms with E-state index < -0.39 is 0 Å². The molecular weight excluding hydrogens is 367 g/mol. The highest BCUT2D eigenvalue weighted by atomic mass is 35.5. The van der Waals surface area contributed by atoms with E-state index >= 15 is 0 Å². The number of halogens is 2. The van der Waals surface area contributed by atoms with Crippen molar-refractivity contribution in [2.24, 2.45) is 0 Å². The Balaban J connectivity index is 1.63. The molecule has 2 aromatic rings. The molecule has 138 valence electrons. The van der Waals surface area contributed by atoms with Crippen molar-refractivity contribution in [3.8, 4) is 0 Å². The average molecular weight is 392 g/mol. The average Bonchev–Trinajstić information content (AvgIpc) is 3.14. The number of carbonyl (C=O) groups excluding carboxylic acids is 1. The van der Waals surface area contributed by atoms with E-state index in [4.69, 9.17) is 23.2 Å². The van der Waals surface area contributed by atoms with Crippen LogP contribution in [0.15, 0.2) is 42.5 Å². The van der Waals surface area contributed by atoms with E-state index in [9.17, 15) is 4.79 Å². The van der Waals surface area contributed by atoms with Crippen LogP contribution in [0.1, 0.15) is 41.6 Å². The third kappa shape index (κ3) is 4.59. The Morgan fingerprint density at radius 2 is 1.69 bits per heavy atom. The summed E-state index contributed by atoms with van der Waals surface area (Å²) in [6.45, 7) is 1.01. The maximum atomic E-state index is 12.3. The number of amides is 1. The number of nitrogens with one attached hydrogen (secondary N) is 1. The van der Waals surface area contributed by atoms with E-state index in [0.717, 1.165) is 22.8 Å². The molecule has 0 aromatic heterocycles. The van der Waals surface area contributed by atoms with Gasteiger partial charge in [-0.25, -0.2) is 0 Å². The molecular formula is C21H25Cl2N2O+. The molecule has 5 heteroatoms. The number of rotatable bonds is 5. The predicted molar refractivity (Wildman–Crippen MR) is 109 cm³/mol. The van der Waals surface area contributed by atoms with Gasteiger partial charge in [0.2, 0.25) is 0 Å². The van der Waals surface area contributed by atoms with Crippen molar-refractivity contribution in [2.75, 3.05) is 19.4 Å². The van der Waals surface area contributed by atoms with Crippen LogP contribution in [-0.4, -0.2) is 30.5 Å². The lowest BCUT2D eigenvalue weighted by Crippen LogP contribution is -2.46. The van der Waals surface area contributed by atoms with Crippen molar-refractivity contribution in [3.63, 3.8) is 0 Å². The Morgan fingerprint density at radius 1 is 1.04 bits per heavy atom. The fourth-order valence-electron chi connectivity index (χ4n) is 3.74. The highest BCUT2D eigenvalue weighted by Gasteiger charge is 2.31. The Morgan fingerprint density at radius 3 is 2.31 bits per heavy atom. The van der Waals surface area contributed by atoms with Gasteiger partial charge in [0.1, 0.15) is 6.54 Å². The molecule has 1 N–H and O–H groups in total. The van der Waals surface area contributed by atoms with Gasteiger partial charge in [-0.2, -0.15) is 0 Å². The summed E-state index contributed by atoms with van der Waals surface area (Å²) in [4.78, 5) is 12.3. The number of nitrogens with zero attached hydrogens (tertiary/aromatic N) is 1. The van der Waals surface area contributed by atoms with Crippen molar-refractivity contribution < 1.29 is 9.28 Å². The lowest BCUT2D eigenvalue weighted by atomic mass is 10.1. The van der Waals surface area contributed by atoms with E-state index in [-0.39, 0.29) is 5.91 Å². The van der Waals surface area contributed by atoms with Crippen molar-refractivity contribution in [2.45, 2.75) is 38.3 Å². The Kier molecular flexibility index (Phi) is 5.91. The minimum atomic E-state index is -0.196. The molecule has 1 fully saturated rings. The van der Waals surface area contributed by atoms with E-state index in [0.29, 0.717) is 15.6 Å². The molecule has 0 unspecified atom stereocenters. The van der Waals surface area contributed by atoms with E-state index in [1.165, 1.54) is 31.2 Å². The molecule has 0 radical (unpaired) electrons. The second-order valence-corrected chi connectivity index (χ2v) is 8.47. The first kappa shape index (κ1) is 19.2. The Bertz CT molecular complexity index is 781. The van der Waals surface area contributed by atoms with Crippen molar-refractivity contribution in [3.05, 3.63) is 63.6 Å². The summed E-state index contributed by atoms with van der Waals surface area (Å²) in [6.07, 6.45) is 5.35. The molecule has 1 amide bonds. The van der Waals surface area contributed by atoms with E-state index in [2.05, 4.69) is 31.5 Å². The first-order chi connectivity index (χ1) is 12.3. The van der Waals surface area contributed by atoms with Gasteiger partial charge in [-0.1, -0.05) is 35.3 Å². The van der Waals surface area contributed by atoms with Crippen LogP contribution in [0.2, 0.25) is 10.0 Å². The maximum Gasteiger partial charge on any atom is 0.255 e. The summed E-state index contributed by atoms with van der Waals surface area (Å²) in [6, 6.07) is 13.7. The zero-order valence-corrected chi connectivity index (χ0v) is 16.8. The Hall–Kier alpha value is -1.55. The predicted octanol–water partition coefficient (Wildman–Crippen LogP) is 5.76. The third-order valence-corrected chi connectivity index (χ3v) is 6.04. The van der Waals surface area contributed by atoms with Crippen molar-refractivity contribution in [1.82, 2.24) is 0 Å². The lowest BCUT2D eigenvalue weighted by molar-refractivity contribution is -0.927. The summed E-state index contributed by atoms with van der Waals surface area (Å²) in [5.74, 6) is -0.196. The van der Waals surface area contributed by atoms with Gasteiger partial charge in [0.15, 0.2) is 0 Å². The molecule has 1 aliphatic carbocycles. The first-order valence-electron chi connectivity index (χ1n) is 9.03. The molecule has 26 heavy (non-hydrogen) atoms. The monoisotopic (exact) mass is 391 g/mol. The number of hydrogen-bond donors (Lipinski definition) is 1. The van der Waals surface area contributed by atoms with Crippen LogP contribution in [-0.2, 0) is 6.54 Å². The van der Waals surface area contributed by atoms with Crippen LogP contribution < -0.4 is 5.32 Å². The molecule has 3 nitrogen and oxygen atoms in total. The van der Waals surface area contributed by atoms with Crippen LogP contribution in [0.25, 0.3) is 0 Å². The number of carbonyl (C=O) groups is 1. The smallest absolute Gasteiger partial charge is 0.255 e. The highest BCUT2D eigenvalue weighted by Crippen LogP contribution is 2.29. The highest BCUT2D eigenvalue weighted by molar-refractivity contribution is 6.42. The normalized spacial score (nSPS) is 15.2. The summed E-state index contributed by atoms with van der Waals surface area (Å²) < 4.78 is 1.02. The van der Waals surface area contributed by atoms with Crippen LogP contribution >= 0.6 is 23.2 Å². The molecule has 3 rings (SSSR count). The number of hydrogen-bond acceptors (Lipinski definition) is 1. The van der Waals surface area contributed by atoms with Crippen molar-refractivity contribution >= 4 is 34.8 Å². The Labute approximate surface area is 165 Å². The summed E-state index contributed by atoms with van der Waals surface area (Å²) >= 11 is 11.9. The molecule has 0 heterocycles. The molecule has 0 atom stereocenters. The summed E-state index contributed by atoms with van der Waals surface area (Å²) in [7, 11) is 4.63. The zero-order valence-electron chi connectivity index (χ0n) is 15.3. The molecule has 0 saturated heterocycles. The van der Waals surface area contributed by atoms with Gasteiger partial charge in [0.25, 0.3) is 5.91 Å². The van der Waals surface area contributed by atoms with Crippen LogP contribution in [0.5, 0.6) is 0 Å². The first-order valence-corrected chi connectivity index (χ1v) is 9.79. The molecule has 0 bridgehead atoms. The van der Waals surface area contributed by atoms with Gasteiger partial charge in [-0.3, -0.25) is 4.79 Å². The van der Waals surface area contributed by atoms with Gasteiger partial charge >= 0.3 is 0 Å². The van der Waals surface area contributed by atoms with Crippen LogP contribution in [0, 0.1) is 0 Å². The fraction of sp³-hybridized carbons (Fsp3) is 0.381. The van der Waals surface area contributed by atoms with Gasteiger partial charge in [-0.15, -0.1) is 0 Å². The quantitative estimate of drug-likeness (QED) is 0.644. The minimum absolute atomic E-state index is 0.196. The van der Waals surface area contributed by atoms with Gasteiger partial charge in [0, 0.05) is 16.8 Å². The van der Waals surface area contributed by atoms with Gasteiger partial charge in [-0.05, 0) is 56.0 Å². The largest absolute Gasteiger partial charge is 0.322 e. The van der Waals surface area contributed by atoms with Crippen LogP contribution in [0.4, 0.5) is 5.69 Å². The second-order valence-electron chi connectivity index (χ2n) is 7.65. The maximum absolute atomic E-state index is 12.3. The molecule has 2 aromatic carbocycles. The topological polar surface area (TPSA) is 29.1 Å². The molecule has 1 saturated carbocycles. The second kappa shape index (κ2) is 7.99.